The number of aliphatic hydroxyl groups excluding tert-OH is 2. The standard InChI is InChI=1S/C12H25O6/c1-12(2,9-14)18-8-11(15)17-10-16-7-5-3-4-6-13/h11,13-14H,3-10H2,1-2H3. The molecular weight excluding hydrogens is 240 g/mol. The molecule has 6 heteroatoms. The molecule has 1 radical (unpaired) electrons. The fourth-order valence-electron chi connectivity index (χ4n) is 1.06. The molecule has 0 aliphatic carbocycles. The molecule has 1 atom stereocenters. The number of hydrogen-bond acceptors (Lipinski definition) is 5. The Labute approximate surface area is 108 Å². The minimum absolute atomic E-state index is 0.0593. The molecule has 0 aliphatic rings. The number of ether oxygens (including phenoxy) is 3. The van der Waals surface area contributed by atoms with Crippen LogP contribution in [-0.2, 0) is 19.3 Å². The maximum Gasteiger partial charge on any atom is 0.217 e. The minimum Gasteiger partial charge on any atom is -0.396 e. The number of rotatable bonds is 12. The van der Waals surface area contributed by atoms with Gasteiger partial charge in [-0.05, 0) is 33.1 Å². The number of hydrogen-bond donors (Lipinski definition) is 2. The van der Waals surface area contributed by atoms with Gasteiger partial charge in [0.2, 0.25) is 6.29 Å². The van der Waals surface area contributed by atoms with Crippen LogP contribution in [0.15, 0.2) is 0 Å². The summed E-state index contributed by atoms with van der Waals surface area (Å²) in [6, 6.07) is 0. The summed E-state index contributed by atoms with van der Waals surface area (Å²) < 4.78 is 15.1. The zero-order valence-electron chi connectivity index (χ0n) is 11.3. The van der Waals surface area contributed by atoms with E-state index >= 15 is 0 Å². The van der Waals surface area contributed by atoms with Gasteiger partial charge in [0.15, 0.2) is 0 Å². The molecule has 0 fully saturated rings. The van der Waals surface area contributed by atoms with Crippen molar-refractivity contribution in [1.82, 2.24) is 0 Å². The highest BCUT2D eigenvalue weighted by Gasteiger charge is 2.19. The van der Waals surface area contributed by atoms with Crippen LogP contribution in [0.5, 0.6) is 0 Å². The third kappa shape index (κ3) is 10.9. The molecule has 0 bridgehead atoms. The van der Waals surface area contributed by atoms with E-state index in [1.807, 2.05) is 0 Å². The lowest BCUT2D eigenvalue weighted by molar-refractivity contribution is -0.231. The van der Waals surface area contributed by atoms with Crippen molar-refractivity contribution in [2.45, 2.75) is 45.0 Å². The molecule has 6 nitrogen and oxygen atoms in total. The molecular formula is C12H25O6. The smallest absolute Gasteiger partial charge is 0.217 e. The van der Waals surface area contributed by atoms with Gasteiger partial charge in [0.25, 0.3) is 0 Å². The first kappa shape index (κ1) is 17.8. The van der Waals surface area contributed by atoms with Crippen molar-refractivity contribution in [3.63, 3.8) is 0 Å². The lowest BCUT2D eigenvalue weighted by Crippen LogP contribution is -2.33. The van der Waals surface area contributed by atoms with Gasteiger partial charge in [0.05, 0.1) is 12.2 Å². The van der Waals surface area contributed by atoms with Crippen LogP contribution in [0.2, 0.25) is 0 Å². The molecule has 0 heterocycles. The number of unbranched alkanes of at least 4 members (excludes halogenated alkanes) is 2. The predicted octanol–water partition coefficient (Wildman–Crippen LogP) is 0.684. The van der Waals surface area contributed by atoms with E-state index in [0.717, 1.165) is 19.3 Å². The van der Waals surface area contributed by atoms with E-state index in [1.165, 1.54) is 0 Å². The van der Waals surface area contributed by atoms with Gasteiger partial charge in [0, 0.05) is 13.2 Å². The maximum absolute atomic E-state index is 11.3. The molecule has 109 valence electrons. The second-order valence-electron chi connectivity index (χ2n) is 4.64. The van der Waals surface area contributed by atoms with Crippen LogP contribution in [0, 0.1) is 0 Å². The summed E-state index contributed by atoms with van der Waals surface area (Å²) in [4.78, 5) is 0. The lowest BCUT2D eigenvalue weighted by Gasteiger charge is -2.23. The Balaban J connectivity index is 3.34. The van der Waals surface area contributed by atoms with Crippen LogP contribution >= 0.6 is 0 Å². The Morgan fingerprint density at radius 2 is 1.89 bits per heavy atom. The molecule has 0 aromatic carbocycles. The normalized spacial score (nSPS) is 13.8. The highest BCUT2D eigenvalue weighted by atomic mass is 16.7. The molecule has 0 saturated carbocycles. The SMILES string of the molecule is CC(C)(CO)OCC([O])OCOCCCCCO. The summed E-state index contributed by atoms with van der Waals surface area (Å²) >= 11 is 0. The second-order valence-corrected chi connectivity index (χ2v) is 4.64. The van der Waals surface area contributed by atoms with E-state index in [1.54, 1.807) is 13.8 Å². The van der Waals surface area contributed by atoms with E-state index < -0.39 is 11.9 Å². The monoisotopic (exact) mass is 265 g/mol. The van der Waals surface area contributed by atoms with Crippen LogP contribution in [-0.4, -0.2) is 55.3 Å². The van der Waals surface area contributed by atoms with Gasteiger partial charge in [-0.1, -0.05) is 0 Å². The van der Waals surface area contributed by atoms with Crippen LogP contribution < -0.4 is 0 Å². The molecule has 18 heavy (non-hydrogen) atoms. The van der Waals surface area contributed by atoms with Crippen LogP contribution in [0.4, 0.5) is 0 Å². The van der Waals surface area contributed by atoms with Crippen molar-refractivity contribution in [2.24, 2.45) is 0 Å². The molecule has 0 amide bonds. The summed E-state index contributed by atoms with van der Waals surface area (Å²) in [5.74, 6) is 0. The summed E-state index contributed by atoms with van der Waals surface area (Å²) in [7, 11) is 0. The van der Waals surface area contributed by atoms with Gasteiger partial charge < -0.3 is 24.4 Å². The van der Waals surface area contributed by atoms with Crippen molar-refractivity contribution < 1.29 is 29.5 Å². The highest BCUT2D eigenvalue weighted by Crippen LogP contribution is 2.08. The third-order valence-electron chi connectivity index (χ3n) is 2.27. The first-order valence-corrected chi connectivity index (χ1v) is 6.22. The van der Waals surface area contributed by atoms with Crippen LogP contribution in [0.25, 0.3) is 0 Å². The molecule has 2 N–H and O–H groups in total. The molecule has 0 rings (SSSR count). The topological polar surface area (TPSA) is 88.1 Å². The predicted molar refractivity (Wildman–Crippen MR) is 64.4 cm³/mol. The van der Waals surface area contributed by atoms with Crippen molar-refractivity contribution >= 4 is 0 Å². The Morgan fingerprint density at radius 3 is 2.50 bits per heavy atom. The lowest BCUT2D eigenvalue weighted by atomic mass is 10.1. The Morgan fingerprint density at radius 1 is 1.17 bits per heavy atom. The summed E-state index contributed by atoms with van der Waals surface area (Å²) in [5, 5.41) is 28.7. The first-order chi connectivity index (χ1) is 8.52. The summed E-state index contributed by atoms with van der Waals surface area (Å²) in [5.41, 5.74) is -0.725. The van der Waals surface area contributed by atoms with E-state index in [-0.39, 0.29) is 26.6 Å². The largest absolute Gasteiger partial charge is 0.396 e. The molecule has 0 aliphatic heterocycles. The molecule has 0 aromatic rings. The van der Waals surface area contributed by atoms with Crippen molar-refractivity contribution in [1.29, 1.82) is 0 Å². The minimum atomic E-state index is -1.31. The Kier molecular flexibility index (Phi) is 10.5. The van der Waals surface area contributed by atoms with E-state index in [4.69, 9.17) is 24.4 Å². The Hall–Kier alpha value is -0.240. The summed E-state index contributed by atoms with van der Waals surface area (Å²) in [6.45, 7) is 3.75. The first-order valence-electron chi connectivity index (χ1n) is 6.22. The number of aliphatic hydroxyl groups is 2. The Bertz CT molecular complexity index is 185. The van der Waals surface area contributed by atoms with Gasteiger partial charge >= 0.3 is 0 Å². The van der Waals surface area contributed by atoms with E-state index in [2.05, 4.69) is 0 Å². The fraction of sp³-hybridized carbons (Fsp3) is 1.00. The van der Waals surface area contributed by atoms with Crippen molar-refractivity contribution in [2.75, 3.05) is 33.2 Å². The summed E-state index contributed by atoms with van der Waals surface area (Å²) in [6.07, 6.45) is 1.18. The zero-order chi connectivity index (χ0) is 13.9. The fourth-order valence-corrected chi connectivity index (χ4v) is 1.06. The average molecular weight is 265 g/mol. The van der Waals surface area contributed by atoms with Gasteiger partial charge in [-0.2, -0.15) is 5.11 Å². The molecule has 0 spiro atoms. The van der Waals surface area contributed by atoms with Gasteiger partial charge in [0.1, 0.15) is 13.4 Å². The highest BCUT2D eigenvalue weighted by molar-refractivity contribution is 4.65. The molecule has 0 saturated heterocycles. The molecule has 1 unspecified atom stereocenters. The average Bonchev–Trinajstić information content (AvgIpc) is 2.35. The van der Waals surface area contributed by atoms with Gasteiger partial charge in [-0.3, -0.25) is 0 Å². The quantitative estimate of drug-likeness (QED) is 0.400. The van der Waals surface area contributed by atoms with E-state index in [0.29, 0.717) is 6.61 Å². The van der Waals surface area contributed by atoms with Crippen molar-refractivity contribution in [3.05, 3.63) is 0 Å². The molecule has 0 aromatic heterocycles. The van der Waals surface area contributed by atoms with E-state index in [9.17, 15) is 5.11 Å². The van der Waals surface area contributed by atoms with Gasteiger partial charge in [-0.25, -0.2) is 0 Å². The van der Waals surface area contributed by atoms with Gasteiger partial charge in [-0.15, -0.1) is 0 Å². The third-order valence-corrected chi connectivity index (χ3v) is 2.27. The van der Waals surface area contributed by atoms with Crippen molar-refractivity contribution in [3.8, 4) is 0 Å². The van der Waals surface area contributed by atoms with Crippen LogP contribution in [0.1, 0.15) is 33.1 Å². The zero-order valence-corrected chi connectivity index (χ0v) is 11.3. The maximum atomic E-state index is 11.3. The van der Waals surface area contributed by atoms with Crippen LogP contribution in [0.3, 0.4) is 0 Å². The second kappa shape index (κ2) is 10.7.